The van der Waals surface area contributed by atoms with Crippen molar-refractivity contribution in [3.63, 3.8) is 0 Å². The number of hydrogen-bond donors (Lipinski definition) is 2. The van der Waals surface area contributed by atoms with Crippen LogP contribution in [0.15, 0.2) is 5.22 Å². The maximum Gasteiger partial charge on any atom is 0.419 e. The lowest BCUT2D eigenvalue weighted by Crippen LogP contribution is -2.25. The summed E-state index contributed by atoms with van der Waals surface area (Å²) in [5, 5.41) is 10.3. The highest BCUT2D eigenvalue weighted by molar-refractivity contribution is 6.31. The first-order valence-electron chi connectivity index (χ1n) is 1.76. The Morgan fingerprint density at radius 3 is 2.56 bits per heavy atom. The van der Waals surface area contributed by atoms with Crippen LogP contribution in [0.3, 0.4) is 0 Å². The highest BCUT2D eigenvalue weighted by Gasteiger charge is 2.12. The van der Waals surface area contributed by atoms with Gasteiger partial charge in [-0.1, -0.05) is 0 Å². The second-order valence-corrected chi connectivity index (χ2v) is 0.936. The molecule has 1 amide bonds. The molecule has 0 aliphatic rings. The molecule has 7 heteroatoms. The lowest BCUT2D eigenvalue weighted by atomic mass is 10.7. The Morgan fingerprint density at radius 2 is 2.22 bits per heavy atom. The highest BCUT2D eigenvalue weighted by Crippen LogP contribution is 1.65. The van der Waals surface area contributed by atoms with Crippen molar-refractivity contribution in [2.75, 3.05) is 0 Å². The van der Waals surface area contributed by atoms with E-state index in [1.165, 1.54) is 5.43 Å². The summed E-state index contributed by atoms with van der Waals surface area (Å²) in [5.74, 6) is -3.05. The van der Waals surface area contributed by atoms with Crippen LogP contribution in [-0.4, -0.2) is 17.0 Å². The second-order valence-electron chi connectivity index (χ2n) is 0.936. The molecule has 2 N–H and O–H groups in total. The number of carboxylic acid groups (broad SMARTS) is 1. The van der Waals surface area contributed by atoms with Crippen LogP contribution in [0.25, 0.3) is 10.4 Å². The Labute approximate surface area is 48.9 Å². The van der Waals surface area contributed by atoms with Crippen molar-refractivity contribution in [1.29, 1.82) is 0 Å². The first kappa shape index (κ1) is 7.25. The lowest BCUT2D eigenvalue weighted by molar-refractivity contribution is -0.150. The quantitative estimate of drug-likeness (QED) is 0.162. The van der Waals surface area contributed by atoms with Gasteiger partial charge in [-0.25, -0.2) is 9.59 Å². The molecule has 48 valence electrons. The number of amides is 1. The fourth-order valence-electron chi connectivity index (χ4n) is 0.116. The van der Waals surface area contributed by atoms with Gasteiger partial charge in [-0.05, 0) is 5.22 Å². The second kappa shape index (κ2) is 3.28. The van der Waals surface area contributed by atoms with E-state index >= 15 is 0 Å². The topological polar surface area (TPSA) is 115 Å². The van der Waals surface area contributed by atoms with E-state index in [1.807, 2.05) is 0 Å². The summed E-state index contributed by atoms with van der Waals surface area (Å²) in [4.78, 5) is 21.6. The molecule has 0 aliphatic carbocycles. The molecule has 0 saturated carbocycles. The molecule has 0 aromatic carbocycles. The molecule has 0 spiro atoms. The van der Waals surface area contributed by atoms with Crippen LogP contribution >= 0.6 is 0 Å². The normalized spacial score (nSPS) is 7.11. The van der Waals surface area contributed by atoms with Crippen LogP contribution in [0.5, 0.6) is 0 Å². The molecule has 0 heterocycles. The number of nitrogens with zero attached hydrogens (tertiary/aromatic N) is 3. The Bertz CT molecular complexity index is 180. The van der Waals surface area contributed by atoms with E-state index < -0.39 is 11.9 Å². The van der Waals surface area contributed by atoms with Gasteiger partial charge in [0, 0.05) is 0 Å². The molecule has 9 heavy (non-hydrogen) atoms. The number of hydrogen-bond acceptors (Lipinski definition) is 3. The lowest BCUT2D eigenvalue weighted by Gasteiger charge is -1.82. The highest BCUT2D eigenvalue weighted by atomic mass is 16.4. The monoisotopic (exact) mass is 130 g/mol. The summed E-state index contributed by atoms with van der Waals surface area (Å²) in [7, 11) is 0. The number of aliphatic carboxylic acids is 1. The van der Waals surface area contributed by atoms with Crippen molar-refractivity contribution >= 4 is 11.9 Å². The van der Waals surface area contributed by atoms with Crippen LogP contribution in [0, 0.1) is 0 Å². The van der Waals surface area contributed by atoms with Crippen molar-refractivity contribution in [1.82, 2.24) is 5.43 Å². The summed E-state index contributed by atoms with van der Waals surface area (Å²) < 4.78 is 0. The fourth-order valence-corrected chi connectivity index (χ4v) is 0.116. The third-order valence-electron chi connectivity index (χ3n) is 0.391. The van der Waals surface area contributed by atoms with Crippen molar-refractivity contribution < 1.29 is 14.7 Å². The molecule has 0 aromatic heterocycles. The van der Waals surface area contributed by atoms with Gasteiger partial charge in [0.25, 0.3) is 0 Å². The molecular formula is C2H2N4O3. The average molecular weight is 130 g/mol. The predicted molar refractivity (Wildman–Crippen MR) is 24.9 cm³/mol. The fraction of sp³-hybridized carbons (Fsp3) is 0. The van der Waals surface area contributed by atoms with Gasteiger partial charge in [-0.15, -0.1) is 5.53 Å². The third-order valence-corrected chi connectivity index (χ3v) is 0.391. The van der Waals surface area contributed by atoms with Gasteiger partial charge in [0.15, 0.2) is 0 Å². The van der Waals surface area contributed by atoms with Gasteiger partial charge in [0.2, 0.25) is 0 Å². The maximum absolute atomic E-state index is 9.93. The summed E-state index contributed by atoms with van der Waals surface area (Å²) >= 11 is 0. The number of nitrogens with one attached hydrogen (secondary N) is 1. The molecule has 0 unspecified atom stereocenters. The molecule has 0 aliphatic heterocycles. The number of azide groups is 1. The Hall–Kier alpha value is -1.75. The number of carboxylic acids is 1. The molecule has 0 fully saturated rings. The van der Waals surface area contributed by atoms with E-state index in [0.29, 0.717) is 0 Å². The van der Waals surface area contributed by atoms with E-state index in [1.54, 1.807) is 0 Å². The van der Waals surface area contributed by atoms with Gasteiger partial charge in [-0.2, -0.15) is 10.3 Å². The van der Waals surface area contributed by atoms with Crippen LogP contribution in [-0.2, 0) is 9.59 Å². The smallest absolute Gasteiger partial charge is 0.419 e. The minimum absolute atomic E-state index is 1.35. The Kier molecular flexibility index (Phi) is 2.64. The molecule has 0 saturated heterocycles. The molecule has 0 bridgehead atoms. The molecule has 0 atom stereocenters. The minimum atomic E-state index is -1.69. The molecule has 0 aromatic rings. The van der Waals surface area contributed by atoms with Crippen molar-refractivity contribution in [2.24, 2.45) is 5.22 Å². The van der Waals surface area contributed by atoms with E-state index in [0.717, 1.165) is 0 Å². The number of carbonyl (C=O) groups excluding carboxylic acids is 1. The molecule has 0 rings (SSSR count). The average Bonchev–Trinajstić information content (AvgIpc) is 1.82. The Morgan fingerprint density at radius 1 is 1.67 bits per heavy atom. The molecular weight excluding hydrogens is 128 g/mol. The predicted octanol–water partition coefficient (Wildman–Crippen LogP) is -0.587. The minimum Gasteiger partial charge on any atom is -0.472 e. The van der Waals surface area contributed by atoms with E-state index in [2.05, 4.69) is 10.1 Å². The summed E-state index contributed by atoms with van der Waals surface area (Å²) in [6, 6.07) is 0. The summed E-state index contributed by atoms with van der Waals surface area (Å²) in [5.41, 5.74) is 8.95. The van der Waals surface area contributed by atoms with E-state index in [9.17, 15) is 9.59 Å². The number of rotatable bonds is 1. The molecule has 0 radical (unpaired) electrons. The summed E-state index contributed by atoms with van der Waals surface area (Å²) in [6.07, 6.45) is 0. The third kappa shape index (κ3) is 2.89. The SMILES string of the molecule is [N-]=[N+]=NNC(=O)C(=O)O. The van der Waals surface area contributed by atoms with E-state index in [-0.39, 0.29) is 0 Å². The van der Waals surface area contributed by atoms with Crippen LogP contribution in [0.2, 0.25) is 0 Å². The van der Waals surface area contributed by atoms with Crippen molar-refractivity contribution in [2.45, 2.75) is 0 Å². The first-order chi connectivity index (χ1) is 4.18. The number of carbonyl (C=O) groups is 2. The van der Waals surface area contributed by atoms with Gasteiger partial charge < -0.3 is 5.11 Å². The van der Waals surface area contributed by atoms with E-state index in [4.69, 9.17) is 10.6 Å². The van der Waals surface area contributed by atoms with Gasteiger partial charge in [-0.3, -0.25) is 0 Å². The Balaban J connectivity index is 3.78. The van der Waals surface area contributed by atoms with Crippen LogP contribution in [0.4, 0.5) is 0 Å². The zero-order valence-electron chi connectivity index (χ0n) is 4.11. The zero-order chi connectivity index (χ0) is 7.28. The molecule has 7 nitrogen and oxygen atoms in total. The van der Waals surface area contributed by atoms with Gasteiger partial charge in [0.1, 0.15) is 0 Å². The van der Waals surface area contributed by atoms with Crippen LogP contribution in [0.1, 0.15) is 0 Å². The maximum atomic E-state index is 9.93. The van der Waals surface area contributed by atoms with Crippen molar-refractivity contribution in [3.05, 3.63) is 10.4 Å². The van der Waals surface area contributed by atoms with Gasteiger partial charge >= 0.3 is 11.9 Å². The first-order valence-corrected chi connectivity index (χ1v) is 1.76. The standard InChI is InChI=1S/C2H2N4O3/c3-5-6-4-1(7)2(8)9/h(H,4,7)(H,8,9). The summed E-state index contributed by atoms with van der Waals surface area (Å²) in [6.45, 7) is 0. The largest absolute Gasteiger partial charge is 0.472 e. The van der Waals surface area contributed by atoms with Crippen molar-refractivity contribution in [3.8, 4) is 0 Å². The van der Waals surface area contributed by atoms with Crippen LogP contribution < -0.4 is 5.43 Å². The van der Waals surface area contributed by atoms with Gasteiger partial charge in [0.05, 0.1) is 0 Å². The zero-order valence-corrected chi connectivity index (χ0v) is 4.11.